The molecule has 2 atom stereocenters. The molecule has 0 aliphatic rings. The number of halogens is 2. The Hall–Kier alpha value is -2.36. The normalized spacial score (nSPS) is 13.1. The molecular weight excluding hydrogens is 373 g/mol. The fraction of sp³-hybridized carbons (Fsp3) is 0.250. The van der Waals surface area contributed by atoms with Crippen LogP contribution in [0.4, 0.5) is 4.39 Å². The van der Waals surface area contributed by atoms with Gasteiger partial charge in [0.2, 0.25) is 0 Å². The lowest BCUT2D eigenvalue weighted by atomic mass is 9.88. The molecule has 0 bridgehead atoms. The van der Waals surface area contributed by atoms with E-state index in [4.69, 9.17) is 16.3 Å². The Kier molecular flexibility index (Phi) is 7.07. The largest absolute Gasteiger partial charge is 0.497 e. The topological polar surface area (TPSA) is 21.3 Å². The molecule has 0 radical (unpaired) electrons. The number of rotatable bonds is 8. The molecule has 146 valence electrons. The van der Waals surface area contributed by atoms with Gasteiger partial charge in [-0.2, -0.15) is 0 Å². The molecule has 3 rings (SSSR count). The molecule has 4 heteroatoms. The Balaban J connectivity index is 1.71. The first-order valence-electron chi connectivity index (χ1n) is 9.45. The van der Waals surface area contributed by atoms with Gasteiger partial charge < -0.3 is 10.1 Å². The van der Waals surface area contributed by atoms with E-state index in [0.717, 1.165) is 29.3 Å². The fourth-order valence-electron chi connectivity index (χ4n) is 3.37. The third-order valence-corrected chi connectivity index (χ3v) is 5.30. The van der Waals surface area contributed by atoms with Crippen molar-refractivity contribution in [3.8, 4) is 5.75 Å². The summed E-state index contributed by atoms with van der Waals surface area (Å²) in [6.45, 7) is 2.97. The highest BCUT2D eigenvalue weighted by molar-refractivity contribution is 6.30. The number of benzene rings is 3. The van der Waals surface area contributed by atoms with Crippen LogP contribution in [0.1, 0.15) is 42.0 Å². The van der Waals surface area contributed by atoms with Gasteiger partial charge in [0.25, 0.3) is 0 Å². The van der Waals surface area contributed by atoms with Crippen molar-refractivity contribution in [1.82, 2.24) is 5.32 Å². The lowest BCUT2D eigenvalue weighted by Gasteiger charge is -2.21. The van der Waals surface area contributed by atoms with Crippen molar-refractivity contribution in [2.45, 2.75) is 25.3 Å². The van der Waals surface area contributed by atoms with Crippen molar-refractivity contribution in [3.63, 3.8) is 0 Å². The van der Waals surface area contributed by atoms with Gasteiger partial charge in [0.15, 0.2) is 0 Å². The third-order valence-electron chi connectivity index (χ3n) is 5.04. The van der Waals surface area contributed by atoms with E-state index in [2.05, 4.69) is 24.4 Å². The molecular formula is C24H25ClFNO. The van der Waals surface area contributed by atoms with Gasteiger partial charge in [-0.3, -0.25) is 0 Å². The molecule has 3 aromatic rings. The van der Waals surface area contributed by atoms with Gasteiger partial charge in [-0.1, -0.05) is 48.0 Å². The minimum absolute atomic E-state index is 0.177. The summed E-state index contributed by atoms with van der Waals surface area (Å²) in [6, 6.07) is 23.0. The van der Waals surface area contributed by atoms with Crippen molar-refractivity contribution < 1.29 is 9.13 Å². The van der Waals surface area contributed by atoms with Crippen LogP contribution in [0, 0.1) is 5.82 Å². The molecule has 0 saturated carbocycles. The van der Waals surface area contributed by atoms with Gasteiger partial charge in [-0.15, -0.1) is 0 Å². The summed E-state index contributed by atoms with van der Waals surface area (Å²) in [5, 5.41) is 4.32. The van der Waals surface area contributed by atoms with E-state index in [-0.39, 0.29) is 17.8 Å². The van der Waals surface area contributed by atoms with E-state index >= 15 is 0 Å². The van der Waals surface area contributed by atoms with Crippen LogP contribution in [-0.4, -0.2) is 13.7 Å². The molecule has 0 spiro atoms. The number of nitrogens with one attached hydrogen (secondary N) is 1. The average Bonchev–Trinajstić information content (AvgIpc) is 2.72. The van der Waals surface area contributed by atoms with Gasteiger partial charge in [0, 0.05) is 17.0 Å². The molecule has 28 heavy (non-hydrogen) atoms. The molecule has 0 aliphatic heterocycles. The van der Waals surface area contributed by atoms with Gasteiger partial charge >= 0.3 is 0 Å². The Bertz CT molecular complexity index is 863. The summed E-state index contributed by atoms with van der Waals surface area (Å²) in [7, 11) is 1.66. The number of ether oxygens (including phenoxy) is 1. The second kappa shape index (κ2) is 9.72. The second-order valence-corrected chi connectivity index (χ2v) is 7.33. The lowest BCUT2D eigenvalue weighted by Crippen LogP contribution is -2.21. The fourth-order valence-corrected chi connectivity index (χ4v) is 3.50. The zero-order chi connectivity index (χ0) is 19.9. The molecule has 1 N–H and O–H groups in total. The van der Waals surface area contributed by atoms with E-state index in [1.807, 2.05) is 48.5 Å². The lowest BCUT2D eigenvalue weighted by molar-refractivity contribution is 0.414. The molecule has 3 aromatic carbocycles. The summed E-state index contributed by atoms with van der Waals surface area (Å²) in [4.78, 5) is 0. The standard InChI is InChI=1S/C24H25ClFNO/c1-17(18-3-9-21(25)10-4-18)27-16-15-24(19-5-11-22(26)12-6-19)20-7-13-23(28-2)14-8-20/h3-14,17,24,27H,15-16H2,1-2H3/t17-,24+/m0/s1. The first kappa shape index (κ1) is 20.4. The summed E-state index contributed by atoms with van der Waals surface area (Å²) in [5.41, 5.74) is 3.49. The van der Waals surface area contributed by atoms with Crippen LogP contribution in [0.3, 0.4) is 0 Å². The SMILES string of the molecule is COc1ccc([C@H](CCN[C@@H](C)c2ccc(Cl)cc2)c2ccc(F)cc2)cc1. The Morgan fingerprint density at radius 1 is 0.857 bits per heavy atom. The first-order chi connectivity index (χ1) is 13.6. The van der Waals surface area contributed by atoms with Crippen molar-refractivity contribution in [3.05, 3.63) is 100 Å². The monoisotopic (exact) mass is 397 g/mol. The zero-order valence-corrected chi connectivity index (χ0v) is 16.9. The van der Waals surface area contributed by atoms with Crippen LogP contribution in [0.25, 0.3) is 0 Å². The Labute approximate surface area is 171 Å². The minimum atomic E-state index is -0.216. The summed E-state index contributed by atoms with van der Waals surface area (Å²) >= 11 is 5.97. The highest BCUT2D eigenvalue weighted by Gasteiger charge is 2.15. The quantitative estimate of drug-likeness (QED) is 0.477. The number of methoxy groups -OCH3 is 1. The average molecular weight is 398 g/mol. The molecule has 0 heterocycles. The third kappa shape index (κ3) is 5.34. The maximum absolute atomic E-state index is 13.4. The van der Waals surface area contributed by atoms with Gasteiger partial charge in [0.05, 0.1) is 7.11 Å². The van der Waals surface area contributed by atoms with E-state index in [1.54, 1.807) is 7.11 Å². The van der Waals surface area contributed by atoms with Crippen LogP contribution in [0.15, 0.2) is 72.8 Å². The first-order valence-corrected chi connectivity index (χ1v) is 9.83. The van der Waals surface area contributed by atoms with Gasteiger partial charge in [-0.05, 0) is 73.0 Å². The van der Waals surface area contributed by atoms with Crippen molar-refractivity contribution in [2.75, 3.05) is 13.7 Å². The Morgan fingerprint density at radius 3 is 1.96 bits per heavy atom. The summed E-state index contributed by atoms with van der Waals surface area (Å²) < 4.78 is 18.7. The van der Waals surface area contributed by atoms with Crippen LogP contribution >= 0.6 is 11.6 Å². The van der Waals surface area contributed by atoms with Gasteiger partial charge in [-0.25, -0.2) is 4.39 Å². The van der Waals surface area contributed by atoms with Crippen molar-refractivity contribution >= 4 is 11.6 Å². The molecule has 0 amide bonds. The predicted molar refractivity (Wildman–Crippen MR) is 114 cm³/mol. The molecule has 0 fully saturated rings. The highest BCUT2D eigenvalue weighted by Crippen LogP contribution is 2.29. The number of hydrogen-bond acceptors (Lipinski definition) is 2. The Morgan fingerprint density at radius 2 is 1.39 bits per heavy atom. The zero-order valence-electron chi connectivity index (χ0n) is 16.2. The van der Waals surface area contributed by atoms with Crippen LogP contribution < -0.4 is 10.1 Å². The molecule has 0 unspecified atom stereocenters. The van der Waals surface area contributed by atoms with E-state index in [0.29, 0.717) is 0 Å². The van der Waals surface area contributed by atoms with E-state index < -0.39 is 0 Å². The maximum atomic E-state index is 13.4. The van der Waals surface area contributed by atoms with Crippen molar-refractivity contribution in [2.24, 2.45) is 0 Å². The summed E-state index contributed by atoms with van der Waals surface area (Å²) in [5.74, 6) is 0.791. The number of hydrogen-bond donors (Lipinski definition) is 1. The molecule has 2 nitrogen and oxygen atoms in total. The van der Waals surface area contributed by atoms with Crippen molar-refractivity contribution in [1.29, 1.82) is 0 Å². The van der Waals surface area contributed by atoms with E-state index in [9.17, 15) is 4.39 Å². The van der Waals surface area contributed by atoms with Crippen LogP contribution in [0.5, 0.6) is 5.75 Å². The highest BCUT2D eigenvalue weighted by atomic mass is 35.5. The molecule has 0 aliphatic carbocycles. The predicted octanol–water partition coefficient (Wildman–Crippen LogP) is 6.36. The van der Waals surface area contributed by atoms with Crippen LogP contribution in [0.2, 0.25) is 5.02 Å². The summed E-state index contributed by atoms with van der Waals surface area (Å²) in [6.07, 6.45) is 0.899. The van der Waals surface area contributed by atoms with Gasteiger partial charge in [0.1, 0.15) is 11.6 Å². The minimum Gasteiger partial charge on any atom is -0.497 e. The maximum Gasteiger partial charge on any atom is 0.123 e. The van der Waals surface area contributed by atoms with E-state index in [1.165, 1.54) is 23.3 Å². The molecule has 0 saturated heterocycles. The molecule has 0 aromatic heterocycles. The second-order valence-electron chi connectivity index (χ2n) is 6.89. The smallest absolute Gasteiger partial charge is 0.123 e. The van der Waals surface area contributed by atoms with Crippen LogP contribution in [-0.2, 0) is 0 Å².